The molecule has 0 fully saturated rings. The predicted octanol–water partition coefficient (Wildman–Crippen LogP) is 3.09. The van der Waals surface area contributed by atoms with Gasteiger partial charge in [0.05, 0.1) is 6.54 Å². The molecule has 0 radical (unpaired) electrons. The number of carboxylic acids is 1. The van der Waals surface area contributed by atoms with Gasteiger partial charge in [0, 0.05) is 13.0 Å². The summed E-state index contributed by atoms with van der Waals surface area (Å²) >= 11 is 0. The van der Waals surface area contributed by atoms with E-state index in [-0.39, 0.29) is 12.5 Å². The van der Waals surface area contributed by atoms with Gasteiger partial charge in [0.1, 0.15) is 12.6 Å². The lowest BCUT2D eigenvalue weighted by Gasteiger charge is -2.26. The number of amides is 2. The van der Waals surface area contributed by atoms with Crippen molar-refractivity contribution in [3.05, 3.63) is 59.7 Å². The van der Waals surface area contributed by atoms with Crippen molar-refractivity contribution in [1.29, 1.82) is 0 Å². The molecule has 0 saturated heterocycles. The largest absolute Gasteiger partial charge is 0.480 e. The highest BCUT2D eigenvalue weighted by atomic mass is 19.3. The number of hydrogen-bond acceptors (Lipinski definition) is 4. The second-order valence-corrected chi connectivity index (χ2v) is 7.31. The van der Waals surface area contributed by atoms with Gasteiger partial charge in [-0.1, -0.05) is 48.5 Å². The molecule has 3 rings (SSSR count). The van der Waals surface area contributed by atoms with E-state index in [0.717, 1.165) is 36.2 Å². The number of alkyl halides is 2. The normalized spacial score (nSPS) is 13.7. The molecule has 1 unspecified atom stereocenters. The van der Waals surface area contributed by atoms with Crippen LogP contribution in [-0.4, -0.2) is 60.1 Å². The molecule has 0 spiro atoms. The predicted molar refractivity (Wildman–Crippen MR) is 108 cm³/mol. The van der Waals surface area contributed by atoms with Crippen LogP contribution in [-0.2, 0) is 14.3 Å². The van der Waals surface area contributed by atoms with Gasteiger partial charge < -0.3 is 20.1 Å². The third-order valence-electron chi connectivity index (χ3n) is 5.37. The second-order valence-electron chi connectivity index (χ2n) is 7.31. The monoisotopic (exact) mass is 432 g/mol. The fourth-order valence-electron chi connectivity index (χ4n) is 3.51. The number of benzene rings is 2. The summed E-state index contributed by atoms with van der Waals surface area (Å²) in [6.07, 6.45) is -1.09. The summed E-state index contributed by atoms with van der Waals surface area (Å²) in [5, 5.41) is 10.8. The number of ether oxygens (including phenoxy) is 1. The molecule has 0 saturated carbocycles. The Labute approximate surface area is 177 Å². The maximum absolute atomic E-state index is 14.1. The Hall–Kier alpha value is -3.49. The van der Waals surface area contributed by atoms with E-state index in [0.29, 0.717) is 4.90 Å². The Kier molecular flexibility index (Phi) is 6.24. The summed E-state index contributed by atoms with van der Waals surface area (Å²) in [5.41, 5.74) is 4.00. The lowest BCUT2D eigenvalue weighted by atomic mass is 9.98. The summed E-state index contributed by atoms with van der Waals surface area (Å²) in [5.74, 6) is -7.34. The van der Waals surface area contributed by atoms with Crippen LogP contribution in [0.1, 0.15) is 24.0 Å². The van der Waals surface area contributed by atoms with Gasteiger partial charge in [-0.3, -0.25) is 4.79 Å². The van der Waals surface area contributed by atoms with Crippen LogP contribution in [0, 0.1) is 0 Å². The van der Waals surface area contributed by atoms with Crippen molar-refractivity contribution in [2.45, 2.75) is 24.8 Å². The van der Waals surface area contributed by atoms with Gasteiger partial charge in [-0.05, 0) is 29.2 Å². The van der Waals surface area contributed by atoms with E-state index < -0.39 is 36.5 Å². The molecule has 0 aromatic heterocycles. The fraction of sp³-hybridized carbons (Fsp3) is 0.318. The molecule has 164 valence electrons. The second kappa shape index (κ2) is 8.71. The van der Waals surface area contributed by atoms with Crippen molar-refractivity contribution in [2.24, 2.45) is 0 Å². The number of nitrogens with one attached hydrogen (secondary N) is 1. The van der Waals surface area contributed by atoms with E-state index in [1.165, 1.54) is 0 Å². The van der Waals surface area contributed by atoms with Crippen LogP contribution in [0.5, 0.6) is 0 Å². The van der Waals surface area contributed by atoms with Gasteiger partial charge >= 0.3 is 18.0 Å². The van der Waals surface area contributed by atoms with Crippen molar-refractivity contribution in [1.82, 2.24) is 10.2 Å². The van der Waals surface area contributed by atoms with Crippen LogP contribution in [0.3, 0.4) is 0 Å². The first-order chi connectivity index (χ1) is 14.6. The lowest BCUT2D eigenvalue weighted by molar-refractivity contribution is -0.162. The highest BCUT2D eigenvalue weighted by Gasteiger charge is 2.43. The minimum atomic E-state index is -3.98. The Morgan fingerprint density at radius 3 is 2.13 bits per heavy atom. The Balaban J connectivity index is 1.60. The van der Waals surface area contributed by atoms with E-state index >= 15 is 0 Å². The zero-order valence-electron chi connectivity index (χ0n) is 17.0. The molecule has 1 aliphatic carbocycles. The zero-order valence-corrected chi connectivity index (χ0v) is 17.0. The number of aliphatic carboxylic acids is 1. The molecular formula is C22H22F2N2O5. The average molecular weight is 432 g/mol. The van der Waals surface area contributed by atoms with E-state index in [9.17, 15) is 23.2 Å². The van der Waals surface area contributed by atoms with E-state index in [1.807, 2.05) is 53.8 Å². The molecule has 7 nitrogen and oxygen atoms in total. The molecular weight excluding hydrogens is 410 g/mol. The van der Waals surface area contributed by atoms with Crippen molar-refractivity contribution in [3.63, 3.8) is 0 Å². The molecule has 1 aliphatic rings. The van der Waals surface area contributed by atoms with Crippen LogP contribution in [0.25, 0.3) is 11.1 Å². The highest BCUT2D eigenvalue weighted by molar-refractivity contribution is 5.88. The number of nitrogens with zero attached hydrogens (tertiary/aromatic N) is 1. The molecule has 0 heterocycles. The van der Waals surface area contributed by atoms with Crippen LogP contribution in [0.2, 0.25) is 0 Å². The van der Waals surface area contributed by atoms with Crippen molar-refractivity contribution in [2.75, 3.05) is 20.2 Å². The standard InChI is InChI=1S/C22H22F2N2O5/c1-13(19(27)28)26(2)20(29)22(23,24)12-25-21(30)31-11-18-16-9-5-3-7-14(16)15-8-4-6-10-17(15)18/h3-10,13,18H,11-12H2,1-2H3,(H,25,30)(H,27,28). The summed E-state index contributed by atoms with van der Waals surface area (Å²) in [7, 11) is 0.961. The number of carbonyl (C=O) groups is 3. The van der Waals surface area contributed by atoms with E-state index in [4.69, 9.17) is 9.84 Å². The van der Waals surface area contributed by atoms with Crippen LogP contribution < -0.4 is 5.32 Å². The number of hydrogen-bond donors (Lipinski definition) is 2. The maximum Gasteiger partial charge on any atom is 0.407 e. The summed E-state index contributed by atoms with van der Waals surface area (Å²) in [4.78, 5) is 35.2. The molecule has 9 heteroatoms. The number of rotatable bonds is 7. The number of halogens is 2. The van der Waals surface area contributed by atoms with Crippen LogP contribution in [0.15, 0.2) is 48.5 Å². The molecule has 2 aromatic carbocycles. The fourth-order valence-corrected chi connectivity index (χ4v) is 3.51. The molecule has 2 N–H and O–H groups in total. The van der Waals surface area contributed by atoms with Crippen molar-refractivity contribution < 1.29 is 33.0 Å². The Bertz CT molecular complexity index is 965. The lowest BCUT2D eigenvalue weighted by Crippen LogP contribution is -2.52. The maximum atomic E-state index is 14.1. The topological polar surface area (TPSA) is 95.9 Å². The van der Waals surface area contributed by atoms with Gasteiger partial charge in [0.2, 0.25) is 0 Å². The highest BCUT2D eigenvalue weighted by Crippen LogP contribution is 2.44. The number of carboxylic acid groups (broad SMARTS) is 1. The molecule has 1 atom stereocenters. The Morgan fingerprint density at radius 2 is 1.61 bits per heavy atom. The molecule has 2 amide bonds. The first-order valence-electron chi connectivity index (χ1n) is 9.60. The first kappa shape index (κ1) is 22.2. The molecule has 0 aliphatic heterocycles. The minimum absolute atomic E-state index is 0.0602. The number of carbonyl (C=O) groups excluding carboxylic acids is 2. The first-order valence-corrected chi connectivity index (χ1v) is 9.60. The summed E-state index contributed by atoms with van der Waals surface area (Å²) in [6, 6.07) is 13.9. The smallest absolute Gasteiger partial charge is 0.407 e. The SMILES string of the molecule is CC(C(=O)O)N(C)C(=O)C(F)(F)CNC(=O)OCC1c2ccccc2-c2ccccc21. The zero-order chi connectivity index (χ0) is 22.8. The third kappa shape index (κ3) is 4.50. The number of fused-ring (bicyclic) bond motifs is 3. The number of alkyl carbamates (subject to hydrolysis) is 1. The summed E-state index contributed by atoms with van der Waals surface area (Å²) < 4.78 is 33.4. The van der Waals surface area contributed by atoms with E-state index in [1.54, 1.807) is 0 Å². The van der Waals surface area contributed by atoms with Crippen molar-refractivity contribution in [3.8, 4) is 11.1 Å². The van der Waals surface area contributed by atoms with E-state index in [2.05, 4.69) is 0 Å². The quantitative estimate of drug-likeness (QED) is 0.701. The summed E-state index contributed by atoms with van der Waals surface area (Å²) in [6.45, 7) is -0.260. The van der Waals surface area contributed by atoms with Gasteiger partial charge in [0.25, 0.3) is 5.91 Å². The van der Waals surface area contributed by atoms with Gasteiger partial charge in [-0.2, -0.15) is 8.78 Å². The van der Waals surface area contributed by atoms with Crippen LogP contribution in [0.4, 0.5) is 13.6 Å². The van der Waals surface area contributed by atoms with Gasteiger partial charge in [0.15, 0.2) is 0 Å². The molecule has 31 heavy (non-hydrogen) atoms. The van der Waals surface area contributed by atoms with Gasteiger partial charge in [-0.25, -0.2) is 9.59 Å². The van der Waals surface area contributed by atoms with Crippen molar-refractivity contribution >= 4 is 18.0 Å². The third-order valence-corrected chi connectivity index (χ3v) is 5.37. The minimum Gasteiger partial charge on any atom is -0.480 e. The average Bonchev–Trinajstić information content (AvgIpc) is 3.08. The van der Waals surface area contributed by atoms with Gasteiger partial charge in [-0.15, -0.1) is 0 Å². The molecule has 2 aromatic rings. The van der Waals surface area contributed by atoms with Crippen LogP contribution >= 0.6 is 0 Å². The molecule has 0 bridgehead atoms. The number of likely N-dealkylation sites (N-methyl/N-ethyl adjacent to an activating group) is 1. The Morgan fingerprint density at radius 1 is 1.10 bits per heavy atom.